The monoisotopic (exact) mass is 742 g/mol. The van der Waals surface area contributed by atoms with Crippen LogP contribution < -0.4 is 9.80 Å². The van der Waals surface area contributed by atoms with Gasteiger partial charge in [-0.1, -0.05) is 171 Å². The first-order valence-corrected chi connectivity index (χ1v) is 20.4. The van der Waals surface area contributed by atoms with E-state index in [4.69, 9.17) is 0 Å². The molecular formula is C56H42N2. The summed E-state index contributed by atoms with van der Waals surface area (Å²) in [4.78, 5) is 4.83. The molecule has 1 aliphatic heterocycles. The minimum atomic E-state index is -0.483. The number of anilines is 6. The van der Waals surface area contributed by atoms with Crippen molar-refractivity contribution in [3.05, 3.63) is 258 Å². The Kier molecular flexibility index (Phi) is 8.11. The van der Waals surface area contributed by atoms with Gasteiger partial charge in [0.15, 0.2) is 0 Å². The Bertz CT molecular complexity index is 2790. The van der Waals surface area contributed by atoms with Gasteiger partial charge in [-0.2, -0.15) is 0 Å². The lowest BCUT2D eigenvalue weighted by atomic mass is 9.58. The normalized spacial score (nSPS) is 17.0. The molecule has 2 nitrogen and oxygen atoms in total. The maximum absolute atomic E-state index is 2.47. The van der Waals surface area contributed by atoms with Crippen molar-refractivity contribution in [1.29, 1.82) is 0 Å². The van der Waals surface area contributed by atoms with Gasteiger partial charge < -0.3 is 9.80 Å². The first-order valence-electron chi connectivity index (χ1n) is 20.4. The van der Waals surface area contributed by atoms with Crippen LogP contribution in [-0.4, -0.2) is 0 Å². The fraction of sp³-hybridized carbons (Fsp3) is 0.0714. The van der Waals surface area contributed by atoms with Crippen LogP contribution in [0, 0.1) is 5.92 Å². The lowest BCUT2D eigenvalue weighted by Crippen LogP contribution is -2.39. The second kappa shape index (κ2) is 13.8. The summed E-state index contributed by atoms with van der Waals surface area (Å²) >= 11 is 0. The van der Waals surface area contributed by atoms with Crippen LogP contribution in [0.5, 0.6) is 0 Å². The fourth-order valence-electron chi connectivity index (χ4n) is 10.2. The first kappa shape index (κ1) is 34.1. The number of allylic oxidation sites excluding steroid dienone is 4. The molecule has 0 amide bonds. The molecule has 0 bridgehead atoms. The van der Waals surface area contributed by atoms with Crippen LogP contribution in [0.2, 0.25) is 0 Å². The molecule has 0 fully saturated rings. The number of para-hydroxylation sites is 4. The molecule has 58 heavy (non-hydrogen) atoms. The van der Waals surface area contributed by atoms with E-state index in [0.29, 0.717) is 0 Å². The molecule has 1 heterocycles. The Morgan fingerprint density at radius 1 is 0.448 bits per heavy atom. The Labute approximate surface area is 341 Å². The summed E-state index contributed by atoms with van der Waals surface area (Å²) in [5, 5.41) is 0. The zero-order valence-corrected chi connectivity index (χ0v) is 32.4. The second-order valence-corrected chi connectivity index (χ2v) is 15.7. The fourth-order valence-corrected chi connectivity index (χ4v) is 10.2. The summed E-state index contributed by atoms with van der Waals surface area (Å²) in [6.45, 7) is 2.40. The average molecular weight is 743 g/mol. The Morgan fingerprint density at radius 2 is 0.931 bits per heavy atom. The van der Waals surface area contributed by atoms with Crippen LogP contribution >= 0.6 is 0 Å². The van der Waals surface area contributed by atoms with E-state index in [1.165, 1.54) is 67.2 Å². The summed E-state index contributed by atoms with van der Waals surface area (Å²) in [6, 6.07) is 78.0. The van der Waals surface area contributed by atoms with Crippen molar-refractivity contribution < 1.29 is 0 Å². The zero-order chi connectivity index (χ0) is 38.6. The summed E-state index contributed by atoms with van der Waals surface area (Å²) < 4.78 is 0. The van der Waals surface area contributed by atoms with E-state index in [0.717, 1.165) is 17.1 Å². The summed E-state index contributed by atoms with van der Waals surface area (Å²) in [5.41, 5.74) is 18.4. The van der Waals surface area contributed by atoms with E-state index in [1.54, 1.807) is 0 Å². The van der Waals surface area contributed by atoms with Crippen molar-refractivity contribution in [2.24, 2.45) is 5.92 Å². The molecule has 8 aromatic rings. The highest BCUT2D eigenvalue weighted by atomic mass is 15.2. The molecule has 2 atom stereocenters. The molecule has 2 unspecified atom stereocenters. The van der Waals surface area contributed by atoms with Gasteiger partial charge in [0.2, 0.25) is 0 Å². The van der Waals surface area contributed by atoms with Crippen molar-refractivity contribution in [2.45, 2.75) is 18.3 Å². The standard InChI is InChI=1S/C56H42N2/c1-39-29-38-48-47-23-11-12-24-49(47)56(50-25-13-15-27-52(50)58(44-21-9-4-10-22-44)53-28-16-14-26-51(53)56)55(48)54(39)42-32-36-46(37-33-42)57(43-19-7-3-8-20-43)45-34-30-41(31-35-45)40-17-5-2-6-18-40/h2-39,54H,1H3. The molecule has 11 rings (SSSR count). The predicted octanol–water partition coefficient (Wildman–Crippen LogP) is 14.7. The van der Waals surface area contributed by atoms with Gasteiger partial charge in [-0.25, -0.2) is 0 Å². The number of hydrogen-bond acceptors (Lipinski definition) is 2. The molecule has 0 saturated carbocycles. The molecule has 276 valence electrons. The minimum Gasteiger partial charge on any atom is -0.311 e. The molecule has 1 spiro atoms. The van der Waals surface area contributed by atoms with Crippen LogP contribution in [0.4, 0.5) is 34.1 Å². The number of fused-ring (bicyclic) bond motifs is 8. The number of rotatable bonds is 6. The van der Waals surface area contributed by atoms with Crippen LogP contribution in [0.3, 0.4) is 0 Å². The Hall–Kier alpha value is -7.16. The lowest BCUT2D eigenvalue weighted by Gasteiger charge is -2.48. The zero-order valence-electron chi connectivity index (χ0n) is 32.4. The van der Waals surface area contributed by atoms with Crippen molar-refractivity contribution in [3.63, 3.8) is 0 Å². The topological polar surface area (TPSA) is 6.48 Å². The van der Waals surface area contributed by atoms with Crippen molar-refractivity contribution in [3.8, 4) is 11.1 Å². The van der Waals surface area contributed by atoms with Gasteiger partial charge in [-0.15, -0.1) is 0 Å². The SMILES string of the molecule is CC1C=CC2=C(C1c1ccc(N(c3ccccc3)c3ccc(-c4ccccc4)cc3)cc1)C1(c3ccccc32)c2ccccc2N(c2ccccc2)c2ccccc21. The van der Waals surface area contributed by atoms with E-state index < -0.39 is 5.41 Å². The number of nitrogens with zero attached hydrogens (tertiary/aromatic N) is 2. The molecule has 0 aromatic heterocycles. The molecule has 8 aromatic carbocycles. The third kappa shape index (κ3) is 5.18. The average Bonchev–Trinajstić information content (AvgIpc) is 3.58. The predicted molar refractivity (Wildman–Crippen MR) is 242 cm³/mol. The van der Waals surface area contributed by atoms with Crippen LogP contribution in [0.15, 0.2) is 230 Å². The molecule has 2 heteroatoms. The summed E-state index contributed by atoms with van der Waals surface area (Å²) in [5.74, 6) is 0.416. The van der Waals surface area contributed by atoms with Crippen LogP contribution in [0.25, 0.3) is 16.7 Å². The minimum absolute atomic E-state index is 0.140. The van der Waals surface area contributed by atoms with Crippen molar-refractivity contribution in [2.75, 3.05) is 9.80 Å². The van der Waals surface area contributed by atoms with Gasteiger partial charge in [0.1, 0.15) is 0 Å². The van der Waals surface area contributed by atoms with Gasteiger partial charge in [0.05, 0.1) is 16.8 Å². The van der Waals surface area contributed by atoms with E-state index in [2.05, 4.69) is 241 Å². The van der Waals surface area contributed by atoms with Gasteiger partial charge in [0.25, 0.3) is 0 Å². The Morgan fingerprint density at radius 3 is 1.57 bits per heavy atom. The second-order valence-electron chi connectivity index (χ2n) is 15.7. The quantitative estimate of drug-likeness (QED) is 0.167. The summed E-state index contributed by atoms with van der Waals surface area (Å²) in [7, 11) is 0. The molecule has 3 aliphatic rings. The third-order valence-electron chi connectivity index (χ3n) is 12.6. The highest BCUT2D eigenvalue weighted by molar-refractivity contribution is 5.98. The Balaban J connectivity index is 1.07. The van der Waals surface area contributed by atoms with E-state index in [1.807, 2.05) is 0 Å². The number of benzene rings is 8. The van der Waals surface area contributed by atoms with Gasteiger partial charge in [0, 0.05) is 28.7 Å². The lowest BCUT2D eigenvalue weighted by molar-refractivity contribution is 0.546. The highest BCUT2D eigenvalue weighted by Crippen LogP contribution is 2.66. The highest BCUT2D eigenvalue weighted by Gasteiger charge is 2.55. The maximum atomic E-state index is 2.47. The van der Waals surface area contributed by atoms with E-state index in [9.17, 15) is 0 Å². The molecule has 0 radical (unpaired) electrons. The molecule has 0 saturated heterocycles. The van der Waals surface area contributed by atoms with E-state index in [-0.39, 0.29) is 11.8 Å². The largest absolute Gasteiger partial charge is 0.311 e. The summed E-state index contributed by atoms with van der Waals surface area (Å²) in [6.07, 6.45) is 4.86. The first-order chi connectivity index (χ1) is 28.7. The smallest absolute Gasteiger partial charge is 0.0723 e. The maximum Gasteiger partial charge on any atom is 0.0723 e. The molecule has 0 N–H and O–H groups in total. The molecule has 2 aliphatic carbocycles. The van der Waals surface area contributed by atoms with Gasteiger partial charge in [-0.3, -0.25) is 0 Å². The van der Waals surface area contributed by atoms with Crippen LogP contribution in [0.1, 0.15) is 40.7 Å². The van der Waals surface area contributed by atoms with Crippen molar-refractivity contribution >= 4 is 39.7 Å². The van der Waals surface area contributed by atoms with Crippen molar-refractivity contribution in [1.82, 2.24) is 0 Å². The van der Waals surface area contributed by atoms with E-state index >= 15 is 0 Å². The van der Waals surface area contributed by atoms with Gasteiger partial charge >= 0.3 is 0 Å². The molecular weight excluding hydrogens is 701 g/mol. The van der Waals surface area contributed by atoms with Crippen LogP contribution in [-0.2, 0) is 5.41 Å². The third-order valence-corrected chi connectivity index (χ3v) is 12.6. The number of hydrogen-bond donors (Lipinski definition) is 0. The van der Waals surface area contributed by atoms with Gasteiger partial charge in [-0.05, 0) is 117 Å².